The Morgan fingerprint density at radius 1 is 1.29 bits per heavy atom. The number of non-ortho nitro benzene ring substituents is 1. The minimum absolute atomic E-state index is 0.0958. The van der Waals surface area contributed by atoms with Crippen LogP contribution in [0.2, 0.25) is 0 Å². The molecule has 10 nitrogen and oxygen atoms in total. The van der Waals surface area contributed by atoms with Crippen LogP contribution in [-0.2, 0) is 4.79 Å². The van der Waals surface area contributed by atoms with Crippen molar-refractivity contribution in [2.24, 2.45) is 0 Å². The molecule has 1 N–H and O–H groups in total. The molecule has 0 radical (unpaired) electrons. The van der Waals surface area contributed by atoms with E-state index in [4.69, 9.17) is 4.74 Å². The monoisotopic (exact) mass is 400 g/mol. The van der Waals surface area contributed by atoms with E-state index < -0.39 is 10.2 Å². The molecule has 0 aliphatic heterocycles. The predicted octanol–water partition coefficient (Wildman–Crippen LogP) is 2.70. The zero-order chi connectivity index (χ0) is 20.1. The molecule has 1 aromatic heterocycles. The maximum atomic E-state index is 12.5. The standard InChI is InChI=1S/C17H16N6O4S/c1-11(16(24)18-12-4-3-5-14(10-12)23(25)26)28-17-19-20-21-22(17)13-6-8-15(27-2)9-7-13/h3-11H,1-2H3,(H,18,24). The van der Waals surface area contributed by atoms with E-state index in [2.05, 4.69) is 20.8 Å². The molecule has 0 bridgehead atoms. The fraction of sp³-hybridized carbons (Fsp3) is 0.176. The van der Waals surface area contributed by atoms with E-state index in [0.29, 0.717) is 16.6 Å². The van der Waals surface area contributed by atoms with Gasteiger partial charge in [0, 0.05) is 17.8 Å². The number of nitro benzene ring substituents is 1. The number of carbonyl (C=O) groups excluding carboxylic acids is 1. The number of hydrogen-bond acceptors (Lipinski definition) is 8. The molecule has 3 aromatic rings. The lowest BCUT2D eigenvalue weighted by Crippen LogP contribution is -2.23. The molecule has 144 valence electrons. The Kier molecular flexibility index (Phi) is 5.84. The molecule has 0 saturated heterocycles. The fourth-order valence-corrected chi connectivity index (χ4v) is 3.10. The predicted molar refractivity (Wildman–Crippen MR) is 103 cm³/mol. The highest BCUT2D eigenvalue weighted by Gasteiger charge is 2.20. The third kappa shape index (κ3) is 4.43. The van der Waals surface area contributed by atoms with Gasteiger partial charge in [-0.3, -0.25) is 14.9 Å². The molecule has 0 saturated carbocycles. The molecular formula is C17H16N6O4S. The first-order chi connectivity index (χ1) is 13.5. The molecule has 1 amide bonds. The summed E-state index contributed by atoms with van der Waals surface area (Å²) < 4.78 is 6.65. The van der Waals surface area contributed by atoms with Crippen molar-refractivity contribution in [2.45, 2.75) is 17.3 Å². The summed E-state index contributed by atoms with van der Waals surface area (Å²) in [7, 11) is 1.58. The molecule has 2 aromatic carbocycles. The fourth-order valence-electron chi connectivity index (χ4n) is 2.29. The number of thioether (sulfide) groups is 1. The van der Waals surface area contributed by atoms with Crippen LogP contribution in [0.4, 0.5) is 11.4 Å². The number of tetrazole rings is 1. The SMILES string of the molecule is COc1ccc(-n2nnnc2SC(C)C(=O)Nc2cccc([N+](=O)[O-])c2)cc1. The smallest absolute Gasteiger partial charge is 0.271 e. The van der Waals surface area contributed by atoms with Gasteiger partial charge in [-0.2, -0.15) is 4.68 Å². The van der Waals surface area contributed by atoms with E-state index in [1.54, 1.807) is 44.4 Å². The number of carbonyl (C=O) groups is 1. The molecule has 0 aliphatic carbocycles. The molecule has 3 rings (SSSR count). The average Bonchev–Trinajstić information content (AvgIpc) is 3.16. The van der Waals surface area contributed by atoms with Crippen molar-refractivity contribution < 1.29 is 14.5 Å². The summed E-state index contributed by atoms with van der Waals surface area (Å²) in [5, 5.41) is 25.0. The lowest BCUT2D eigenvalue weighted by molar-refractivity contribution is -0.384. The van der Waals surface area contributed by atoms with Crippen LogP contribution in [0.25, 0.3) is 5.69 Å². The van der Waals surface area contributed by atoms with Crippen molar-refractivity contribution in [3.63, 3.8) is 0 Å². The first-order valence-corrected chi connectivity index (χ1v) is 9.00. The second-order valence-corrected chi connectivity index (χ2v) is 6.94. The second-order valence-electron chi connectivity index (χ2n) is 5.63. The van der Waals surface area contributed by atoms with Gasteiger partial charge in [0.25, 0.3) is 5.69 Å². The van der Waals surface area contributed by atoms with Crippen LogP contribution < -0.4 is 10.1 Å². The summed E-state index contributed by atoms with van der Waals surface area (Å²) in [6.45, 7) is 1.70. The number of nitro groups is 1. The van der Waals surface area contributed by atoms with E-state index in [0.717, 1.165) is 5.69 Å². The highest BCUT2D eigenvalue weighted by Crippen LogP contribution is 2.25. The van der Waals surface area contributed by atoms with Crippen molar-refractivity contribution >= 4 is 29.0 Å². The lowest BCUT2D eigenvalue weighted by atomic mass is 10.2. The first-order valence-electron chi connectivity index (χ1n) is 8.12. The molecule has 0 aliphatic rings. The summed E-state index contributed by atoms with van der Waals surface area (Å²) in [6.07, 6.45) is 0. The Labute approximate surface area is 164 Å². The Balaban J connectivity index is 1.70. The number of anilines is 1. The number of aromatic nitrogens is 4. The number of nitrogens with one attached hydrogen (secondary N) is 1. The molecular weight excluding hydrogens is 384 g/mol. The van der Waals surface area contributed by atoms with Gasteiger partial charge < -0.3 is 10.1 Å². The number of methoxy groups -OCH3 is 1. The molecule has 1 atom stereocenters. The topological polar surface area (TPSA) is 125 Å². The Morgan fingerprint density at radius 3 is 2.71 bits per heavy atom. The maximum Gasteiger partial charge on any atom is 0.271 e. The van der Waals surface area contributed by atoms with E-state index in [-0.39, 0.29) is 11.6 Å². The van der Waals surface area contributed by atoms with Gasteiger partial charge >= 0.3 is 0 Å². The van der Waals surface area contributed by atoms with E-state index in [9.17, 15) is 14.9 Å². The van der Waals surface area contributed by atoms with Crippen LogP contribution in [0.3, 0.4) is 0 Å². The zero-order valence-electron chi connectivity index (χ0n) is 15.0. The van der Waals surface area contributed by atoms with E-state index in [1.165, 1.54) is 34.6 Å². The van der Waals surface area contributed by atoms with Gasteiger partial charge in [0.15, 0.2) is 0 Å². The van der Waals surface area contributed by atoms with Crippen LogP contribution in [0.15, 0.2) is 53.7 Å². The van der Waals surface area contributed by atoms with Gasteiger partial charge in [-0.1, -0.05) is 17.8 Å². The lowest BCUT2D eigenvalue weighted by Gasteiger charge is -2.12. The summed E-state index contributed by atoms with van der Waals surface area (Å²) in [4.78, 5) is 22.8. The van der Waals surface area contributed by atoms with Crippen LogP contribution in [0.1, 0.15) is 6.92 Å². The molecule has 1 heterocycles. The van der Waals surface area contributed by atoms with Gasteiger partial charge in [-0.25, -0.2) is 0 Å². The molecule has 0 fully saturated rings. The third-order valence-electron chi connectivity index (χ3n) is 3.73. The molecule has 0 spiro atoms. The van der Waals surface area contributed by atoms with Crippen molar-refractivity contribution in [2.75, 3.05) is 12.4 Å². The van der Waals surface area contributed by atoms with Crippen LogP contribution in [0.5, 0.6) is 5.75 Å². The number of nitrogens with zero attached hydrogens (tertiary/aromatic N) is 5. The number of rotatable bonds is 7. The molecule has 28 heavy (non-hydrogen) atoms. The summed E-state index contributed by atoms with van der Waals surface area (Å²) >= 11 is 1.17. The van der Waals surface area contributed by atoms with Crippen molar-refractivity contribution in [3.05, 3.63) is 58.6 Å². The third-order valence-corrected chi connectivity index (χ3v) is 4.77. The second kappa shape index (κ2) is 8.48. The van der Waals surface area contributed by atoms with Crippen molar-refractivity contribution in [3.8, 4) is 11.4 Å². The summed E-state index contributed by atoms with van der Waals surface area (Å²) in [5.41, 5.74) is 0.975. The van der Waals surface area contributed by atoms with Gasteiger partial charge in [-0.15, -0.1) is 5.10 Å². The maximum absolute atomic E-state index is 12.5. The van der Waals surface area contributed by atoms with Gasteiger partial charge in [0.05, 0.1) is 23.0 Å². The summed E-state index contributed by atoms with van der Waals surface area (Å²) in [5.74, 6) is 0.380. The highest BCUT2D eigenvalue weighted by atomic mass is 32.2. The van der Waals surface area contributed by atoms with E-state index in [1.807, 2.05) is 0 Å². The number of benzene rings is 2. The highest BCUT2D eigenvalue weighted by molar-refractivity contribution is 8.00. The Bertz CT molecular complexity index is 991. The zero-order valence-corrected chi connectivity index (χ0v) is 15.8. The number of amides is 1. The minimum atomic E-state index is -0.540. The number of ether oxygens (including phenoxy) is 1. The average molecular weight is 400 g/mol. The first kappa shape index (κ1) is 19.3. The normalized spacial score (nSPS) is 11.6. The van der Waals surface area contributed by atoms with E-state index >= 15 is 0 Å². The minimum Gasteiger partial charge on any atom is -0.497 e. The van der Waals surface area contributed by atoms with Gasteiger partial charge in [-0.05, 0) is 47.7 Å². The van der Waals surface area contributed by atoms with Gasteiger partial charge in [0.2, 0.25) is 11.1 Å². The Morgan fingerprint density at radius 2 is 2.04 bits per heavy atom. The Hall–Kier alpha value is -3.47. The molecule has 11 heteroatoms. The van der Waals surface area contributed by atoms with Crippen LogP contribution in [-0.4, -0.2) is 43.4 Å². The van der Waals surface area contributed by atoms with Crippen molar-refractivity contribution in [1.82, 2.24) is 20.2 Å². The summed E-state index contributed by atoms with van der Waals surface area (Å²) in [6, 6.07) is 12.9. The quantitative estimate of drug-likeness (QED) is 0.364. The van der Waals surface area contributed by atoms with Crippen LogP contribution >= 0.6 is 11.8 Å². The number of hydrogen-bond donors (Lipinski definition) is 1. The molecule has 1 unspecified atom stereocenters. The van der Waals surface area contributed by atoms with Crippen molar-refractivity contribution in [1.29, 1.82) is 0 Å². The van der Waals surface area contributed by atoms with Crippen LogP contribution in [0, 0.1) is 10.1 Å². The van der Waals surface area contributed by atoms with Gasteiger partial charge in [0.1, 0.15) is 5.75 Å². The largest absolute Gasteiger partial charge is 0.497 e.